The highest BCUT2D eigenvalue weighted by Crippen LogP contribution is 2.27. The highest BCUT2D eigenvalue weighted by atomic mass is 35.5. The average Bonchev–Trinajstić information content (AvgIpc) is 2.97. The first kappa shape index (κ1) is 19.3. The van der Waals surface area contributed by atoms with Crippen LogP contribution in [0.4, 0.5) is 5.69 Å². The molecular formula is C16H24ClN3O3. The molecule has 2 amide bonds. The number of likely N-dealkylation sites (N-methyl/N-ethyl adjacent to an activating group) is 1. The van der Waals surface area contributed by atoms with Crippen LogP contribution in [0.25, 0.3) is 0 Å². The molecule has 1 aromatic rings. The molecule has 0 spiro atoms. The van der Waals surface area contributed by atoms with E-state index in [2.05, 4.69) is 10.6 Å². The molecule has 7 heteroatoms. The Bertz CT molecular complexity index is 566. The third kappa shape index (κ3) is 4.59. The van der Waals surface area contributed by atoms with Crippen molar-refractivity contribution in [3.8, 4) is 5.75 Å². The van der Waals surface area contributed by atoms with Crippen LogP contribution in [0.1, 0.15) is 18.4 Å². The smallest absolute Gasteiger partial charge is 0.247 e. The molecule has 1 aliphatic heterocycles. The van der Waals surface area contributed by atoms with Crippen molar-refractivity contribution >= 4 is 29.9 Å². The zero-order valence-corrected chi connectivity index (χ0v) is 14.5. The molecule has 6 nitrogen and oxygen atoms in total. The van der Waals surface area contributed by atoms with Gasteiger partial charge in [-0.2, -0.15) is 0 Å². The Morgan fingerprint density at radius 1 is 1.39 bits per heavy atom. The van der Waals surface area contributed by atoms with Gasteiger partial charge in [-0.1, -0.05) is 6.07 Å². The van der Waals surface area contributed by atoms with E-state index in [4.69, 9.17) is 4.74 Å². The quantitative estimate of drug-likeness (QED) is 0.853. The maximum Gasteiger partial charge on any atom is 0.247 e. The van der Waals surface area contributed by atoms with Gasteiger partial charge in [0.2, 0.25) is 11.8 Å². The Kier molecular flexibility index (Phi) is 7.32. The van der Waals surface area contributed by atoms with Crippen LogP contribution in [0.2, 0.25) is 0 Å². The molecule has 1 saturated heterocycles. The topological polar surface area (TPSA) is 70.7 Å². The SMILES string of the molecule is CNCC(=O)N1CCCC1C(=O)Nc1cc(C)ccc1OC.Cl. The standard InChI is InChI=1S/C16H23N3O3.ClH/c1-11-6-7-14(22-3)12(9-11)18-16(21)13-5-4-8-19(13)15(20)10-17-2;/h6-7,9,13,17H,4-5,8,10H2,1-3H3,(H,18,21);1H. The minimum atomic E-state index is -0.411. The monoisotopic (exact) mass is 341 g/mol. The van der Waals surface area contributed by atoms with Gasteiger partial charge in [0.05, 0.1) is 19.3 Å². The van der Waals surface area contributed by atoms with E-state index in [9.17, 15) is 9.59 Å². The summed E-state index contributed by atoms with van der Waals surface area (Å²) < 4.78 is 5.27. The Labute approximate surface area is 143 Å². The lowest BCUT2D eigenvalue weighted by molar-refractivity contribution is -0.135. The number of likely N-dealkylation sites (tertiary alicyclic amines) is 1. The lowest BCUT2D eigenvalue weighted by atomic mass is 10.1. The Morgan fingerprint density at radius 2 is 2.13 bits per heavy atom. The second-order valence-corrected chi connectivity index (χ2v) is 5.47. The minimum absolute atomic E-state index is 0. The zero-order chi connectivity index (χ0) is 16.1. The third-order valence-corrected chi connectivity index (χ3v) is 3.82. The van der Waals surface area contributed by atoms with E-state index in [0.717, 1.165) is 12.0 Å². The van der Waals surface area contributed by atoms with E-state index < -0.39 is 6.04 Å². The largest absolute Gasteiger partial charge is 0.495 e. The molecule has 1 atom stereocenters. The third-order valence-electron chi connectivity index (χ3n) is 3.82. The van der Waals surface area contributed by atoms with Crippen LogP contribution >= 0.6 is 12.4 Å². The fraction of sp³-hybridized carbons (Fsp3) is 0.500. The molecule has 1 fully saturated rings. The number of anilines is 1. The van der Waals surface area contributed by atoms with Gasteiger partial charge < -0.3 is 20.3 Å². The molecule has 128 valence electrons. The molecule has 0 radical (unpaired) electrons. The number of ether oxygens (including phenoxy) is 1. The fourth-order valence-electron chi connectivity index (χ4n) is 2.73. The van der Waals surface area contributed by atoms with Crippen molar-refractivity contribution in [2.24, 2.45) is 0 Å². The van der Waals surface area contributed by atoms with Gasteiger partial charge in [-0.15, -0.1) is 12.4 Å². The van der Waals surface area contributed by atoms with E-state index in [-0.39, 0.29) is 30.8 Å². The molecular weight excluding hydrogens is 318 g/mol. The van der Waals surface area contributed by atoms with Crippen LogP contribution in [0, 0.1) is 6.92 Å². The summed E-state index contributed by atoms with van der Waals surface area (Å²) in [6.45, 7) is 2.83. The van der Waals surface area contributed by atoms with Crippen LogP contribution in [0.5, 0.6) is 5.75 Å². The van der Waals surface area contributed by atoms with Crippen molar-refractivity contribution in [1.82, 2.24) is 10.2 Å². The van der Waals surface area contributed by atoms with Crippen molar-refractivity contribution < 1.29 is 14.3 Å². The van der Waals surface area contributed by atoms with Crippen molar-refractivity contribution in [2.45, 2.75) is 25.8 Å². The first-order valence-corrected chi connectivity index (χ1v) is 7.46. The molecule has 1 heterocycles. The van der Waals surface area contributed by atoms with Crippen LogP contribution in [0.3, 0.4) is 0 Å². The molecule has 0 bridgehead atoms. The van der Waals surface area contributed by atoms with Gasteiger partial charge >= 0.3 is 0 Å². The number of methoxy groups -OCH3 is 1. The number of benzene rings is 1. The molecule has 23 heavy (non-hydrogen) atoms. The van der Waals surface area contributed by atoms with Gasteiger partial charge in [0.1, 0.15) is 11.8 Å². The average molecular weight is 342 g/mol. The summed E-state index contributed by atoms with van der Waals surface area (Å²) in [5, 5.41) is 5.73. The summed E-state index contributed by atoms with van der Waals surface area (Å²) in [4.78, 5) is 26.2. The van der Waals surface area contributed by atoms with Crippen LogP contribution in [-0.4, -0.2) is 50.0 Å². The Balaban J connectivity index is 0.00000264. The van der Waals surface area contributed by atoms with Crippen molar-refractivity contribution in [1.29, 1.82) is 0 Å². The maximum absolute atomic E-state index is 12.5. The Morgan fingerprint density at radius 3 is 2.78 bits per heavy atom. The molecule has 0 saturated carbocycles. The summed E-state index contributed by atoms with van der Waals surface area (Å²) >= 11 is 0. The second-order valence-electron chi connectivity index (χ2n) is 5.47. The summed E-state index contributed by atoms with van der Waals surface area (Å²) in [5.41, 5.74) is 1.67. The van der Waals surface area contributed by atoms with Gasteiger partial charge in [-0.05, 0) is 44.5 Å². The number of aryl methyl sites for hydroxylation is 1. The summed E-state index contributed by atoms with van der Waals surface area (Å²) in [6, 6.07) is 5.20. The summed E-state index contributed by atoms with van der Waals surface area (Å²) in [5.74, 6) is 0.409. The van der Waals surface area contributed by atoms with Gasteiger partial charge in [0.15, 0.2) is 0 Å². The Hall–Kier alpha value is -1.79. The molecule has 2 N–H and O–H groups in total. The van der Waals surface area contributed by atoms with Gasteiger partial charge in [-0.25, -0.2) is 0 Å². The lowest BCUT2D eigenvalue weighted by Gasteiger charge is -2.24. The molecule has 0 aliphatic carbocycles. The van der Waals surface area contributed by atoms with Crippen LogP contribution < -0.4 is 15.4 Å². The van der Waals surface area contributed by atoms with Gasteiger partial charge in [0, 0.05) is 6.54 Å². The number of amides is 2. The van der Waals surface area contributed by atoms with E-state index >= 15 is 0 Å². The fourth-order valence-corrected chi connectivity index (χ4v) is 2.73. The second kappa shape index (κ2) is 8.74. The van der Waals surface area contributed by atoms with Gasteiger partial charge in [-0.3, -0.25) is 9.59 Å². The number of rotatable bonds is 5. The molecule has 1 unspecified atom stereocenters. The number of nitrogens with one attached hydrogen (secondary N) is 2. The zero-order valence-electron chi connectivity index (χ0n) is 13.7. The van der Waals surface area contributed by atoms with Crippen molar-refractivity contribution in [3.63, 3.8) is 0 Å². The highest BCUT2D eigenvalue weighted by molar-refractivity contribution is 5.98. The van der Waals surface area contributed by atoms with Crippen LogP contribution in [-0.2, 0) is 9.59 Å². The summed E-state index contributed by atoms with van der Waals surface area (Å²) in [7, 11) is 3.29. The molecule has 1 aliphatic rings. The highest BCUT2D eigenvalue weighted by Gasteiger charge is 2.33. The first-order chi connectivity index (χ1) is 10.6. The van der Waals surface area contributed by atoms with E-state index in [1.54, 1.807) is 19.1 Å². The maximum atomic E-state index is 12.5. The molecule has 2 rings (SSSR count). The normalized spacial score (nSPS) is 16.7. The molecule has 0 aromatic heterocycles. The number of halogens is 1. The number of hydrogen-bond acceptors (Lipinski definition) is 4. The van der Waals surface area contributed by atoms with E-state index in [1.165, 1.54) is 0 Å². The van der Waals surface area contributed by atoms with E-state index in [0.29, 0.717) is 24.4 Å². The predicted molar refractivity (Wildman–Crippen MR) is 92.3 cm³/mol. The number of hydrogen-bond donors (Lipinski definition) is 2. The van der Waals surface area contributed by atoms with Crippen molar-refractivity contribution in [3.05, 3.63) is 23.8 Å². The molecule has 1 aromatic carbocycles. The number of nitrogens with zero attached hydrogens (tertiary/aromatic N) is 1. The van der Waals surface area contributed by atoms with Crippen LogP contribution in [0.15, 0.2) is 18.2 Å². The summed E-state index contributed by atoms with van der Waals surface area (Å²) in [6.07, 6.45) is 1.54. The minimum Gasteiger partial charge on any atom is -0.495 e. The first-order valence-electron chi connectivity index (χ1n) is 7.46. The van der Waals surface area contributed by atoms with Crippen molar-refractivity contribution in [2.75, 3.05) is 32.6 Å². The van der Waals surface area contributed by atoms with Gasteiger partial charge in [0.25, 0.3) is 0 Å². The number of carbonyl (C=O) groups excluding carboxylic acids is 2. The number of carbonyl (C=O) groups is 2. The lowest BCUT2D eigenvalue weighted by Crippen LogP contribution is -2.46. The predicted octanol–water partition coefficient (Wildman–Crippen LogP) is 1.57. The van der Waals surface area contributed by atoms with E-state index in [1.807, 2.05) is 25.1 Å².